The molecule has 2 heterocycles. The molecule has 0 saturated carbocycles. The van der Waals surface area contributed by atoms with E-state index in [0.29, 0.717) is 42.7 Å². The number of carbonyl (C=O) groups excluding carboxylic acids is 1. The molecule has 0 spiro atoms. The van der Waals surface area contributed by atoms with E-state index in [2.05, 4.69) is 4.98 Å². The van der Waals surface area contributed by atoms with Crippen molar-refractivity contribution in [3.05, 3.63) is 36.4 Å². The van der Waals surface area contributed by atoms with Crippen LogP contribution in [0.5, 0.6) is 17.2 Å². The number of ether oxygens (including phenoxy) is 3. The highest BCUT2D eigenvalue weighted by Gasteiger charge is 2.34. The fourth-order valence-electron chi connectivity index (χ4n) is 2.62. The molecule has 0 saturated heterocycles. The summed E-state index contributed by atoms with van der Waals surface area (Å²) in [5.41, 5.74) is 5.76. The molecule has 0 bridgehead atoms. The second kappa shape index (κ2) is 7.29. The third kappa shape index (κ3) is 3.60. The lowest BCUT2D eigenvalue weighted by Gasteiger charge is -2.33. The Hall–Kier alpha value is -2.96. The van der Waals surface area contributed by atoms with Crippen LogP contribution in [0.25, 0.3) is 0 Å². The van der Waals surface area contributed by atoms with Gasteiger partial charge >= 0.3 is 0 Å². The van der Waals surface area contributed by atoms with Gasteiger partial charge in [-0.15, -0.1) is 0 Å². The van der Waals surface area contributed by atoms with E-state index in [9.17, 15) is 4.79 Å². The number of nitrogens with zero attached hydrogens (tertiary/aromatic N) is 2. The highest BCUT2D eigenvalue weighted by atomic mass is 16.5. The Morgan fingerprint density at radius 3 is 2.60 bits per heavy atom. The number of pyridine rings is 1. The Kier molecular flexibility index (Phi) is 4.92. The summed E-state index contributed by atoms with van der Waals surface area (Å²) in [6.07, 6.45) is 0.0669. The Morgan fingerprint density at radius 1 is 1.20 bits per heavy atom. The second-order valence-electron chi connectivity index (χ2n) is 5.59. The van der Waals surface area contributed by atoms with Crippen molar-refractivity contribution in [2.45, 2.75) is 19.4 Å². The fourth-order valence-corrected chi connectivity index (χ4v) is 2.62. The molecule has 1 aromatic heterocycles. The van der Waals surface area contributed by atoms with Crippen LogP contribution in [0.15, 0.2) is 36.4 Å². The first-order chi connectivity index (χ1) is 12.1. The van der Waals surface area contributed by atoms with Crippen molar-refractivity contribution < 1.29 is 19.0 Å². The number of hydrogen-bond donors (Lipinski definition) is 1. The topological polar surface area (TPSA) is 86.9 Å². The number of nitrogen functional groups attached to an aromatic ring is 1. The average Bonchev–Trinajstić information content (AvgIpc) is 2.64. The molecule has 7 nitrogen and oxygen atoms in total. The number of aromatic nitrogens is 1. The van der Waals surface area contributed by atoms with E-state index in [1.54, 1.807) is 24.1 Å². The van der Waals surface area contributed by atoms with Crippen molar-refractivity contribution in [1.29, 1.82) is 0 Å². The normalized spacial score (nSPS) is 16.2. The zero-order chi connectivity index (χ0) is 17.8. The van der Waals surface area contributed by atoms with Crippen molar-refractivity contribution >= 4 is 17.5 Å². The third-order valence-corrected chi connectivity index (χ3v) is 3.94. The number of methoxy groups -OCH3 is 1. The molecule has 0 fully saturated rings. The molecule has 25 heavy (non-hydrogen) atoms. The number of benzene rings is 1. The van der Waals surface area contributed by atoms with Gasteiger partial charge in [0.25, 0.3) is 5.91 Å². The zero-order valence-electron chi connectivity index (χ0n) is 14.3. The molecule has 1 aliphatic rings. The minimum Gasteiger partial charge on any atom is -0.497 e. The third-order valence-electron chi connectivity index (χ3n) is 3.94. The summed E-state index contributed by atoms with van der Waals surface area (Å²) >= 11 is 0. The van der Waals surface area contributed by atoms with Gasteiger partial charge in [0.15, 0.2) is 17.7 Å². The lowest BCUT2D eigenvalue weighted by Crippen LogP contribution is -2.47. The monoisotopic (exact) mass is 343 g/mol. The van der Waals surface area contributed by atoms with Crippen molar-refractivity contribution in [1.82, 2.24) is 4.98 Å². The maximum absolute atomic E-state index is 12.6. The quantitative estimate of drug-likeness (QED) is 0.866. The molecule has 0 radical (unpaired) electrons. The van der Waals surface area contributed by atoms with E-state index in [1.165, 1.54) is 0 Å². The van der Waals surface area contributed by atoms with Gasteiger partial charge in [-0.1, -0.05) is 6.92 Å². The molecule has 2 aromatic rings. The molecule has 1 aromatic carbocycles. The zero-order valence-corrected chi connectivity index (χ0v) is 14.3. The van der Waals surface area contributed by atoms with Gasteiger partial charge in [-0.2, -0.15) is 0 Å². The predicted molar refractivity (Wildman–Crippen MR) is 94.2 cm³/mol. The van der Waals surface area contributed by atoms with E-state index >= 15 is 0 Å². The van der Waals surface area contributed by atoms with Gasteiger partial charge in [0.2, 0.25) is 0 Å². The molecule has 0 aliphatic carbocycles. The minimum atomic E-state index is -0.515. The van der Waals surface area contributed by atoms with E-state index in [1.807, 2.05) is 31.2 Å². The highest BCUT2D eigenvalue weighted by Crippen LogP contribution is 2.33. The number of hydrogen-bond acceptors (Lipinski definition) is 6. The second-order valence-corrected chi connectivity index (χ2v) is 5.59. The largest absolute Gasteiger partial charge is 0.497 e. The fraction of sp³-hybridized carbons (Fsp3) is 0.333. The highest BCUT2D eigenvalue weighted by molar-refractivity contribution is 5.99. The number of anilines is 2. The van der Waals surface area contributed by atoms with Crippen LogP contribution < -0.4 is 24.8 Å². The molecule has 1 amide bonds. The first-order valence-corrected chi connectivity index (χ1v) is 8.13. The molecule has 1 atom stereocenters. The molecule has 132 valence electrons. The summed E-state index contributed by atoms with van der Waals surface area (Å²) in [6.45, 7) is 2.59. The van der Waals surface area contributed by atoms with E-state index in [4.69, 9.17) is 19.9 Å². The predicted octanol–water partition coefficient (Wildman–Crippen LogP) is 2.26. The van der Waals surface area contributed by atoms with Crippen molar-refractivity contribution in [2.75, 3.05) is 30.9 Å². The van der Waals surface area contributed by atoms with Crippen LogP contribution in [-0.2, 0) is 4.79 Å². The van der Waals surface area contributed by atoms with Crippen molar-refractivity contribution in [2.24, 2.45) is 0 Å². The summed E-state index contributed by atoms with van der Waals surface area (Å²) in [7, 11) is 1.61. The lowest BCUT2D eigenvalue weighted by atomic mass is 10.2. The van der Waals surface area contributed by atoms with Crippen molar-refractivity contribution in [3.8, 4) is 17.2 Å². The van der Waals surface area contributed by atoms with Crippen LogP contribution in [0.4, 0.5) is 11.6 Å². The van der Waals surface area contributed by atoms with E-state index in [-0.39, 0.29) is 5.91 Å². The summed E-state index contributed by atoms with van der Waals surface area (Å²) in [6, 6.07) is 10.7. The smallest absolute Gasteiger partial charge is 0.269 e. The lowest BCUT2D eigenvalue weighted by molar-refractivity contribution is -0.126. The van der Waals surface area contributed by atoms with Gasteiger partial charge in [0.1, 0.15) is 23.9 Å². The van der Waals surface area contributed by atoms with Crippen LogP contribution in [-0.4, -0.2) is 37.3 Å². The van der Waals surface area contributed by atoms with Gasteiger partial charge < -0.3 is 19.9 Å². The van der Waals surface area contributed by atoms with Crippen LogP contribution in [0.1, 0.15) is 13.3 Å². The SMILES string of the molecule is CCC1Oc2ccc(N)nc2N(CCOc2ccc(OC)cc2)C1=O. The maximum Gasteiger partial charge on any atom is 0.269 e. The van der Waals surface area contributed by atoms with Gasteiger partial charge in [-0.25, -0.2) is 4.98 Å². The number of fused-ring (bicyclic) bond motifs is 1. The van der Waals surface area contributed by atoms with Crippen molar-refractivity contribution in [3.63, 3.8) is 0 Å². The molecule has 1 unspecified atom stereocenters. The molecule has 7 heteroatoms. The Bertz CT molecular complexity index is 748. The Balaban J connectivity index is 1.71. The van der Waals surface area contributed by atoms with E-state index in [0.717, 1.165) is 5.75 Å². The van der Waals surface area contributed by atoms with E-state index < -0.39 is 6.10 Å². The van der Waals surface area contributed by atoms with Crippen LogP contribution in [0.3, 0.4) is 0 Å². The molecule has 1 aliphatic heterocycles. The Labute approximate surface area is 146 Å². The van der Waals surface area contributed by atoms with Gasteiger partial charge in [0.05, 0.1) is 13.7 Å². The summed E-state index contributed by atoms with van der Waals surface area (Å²) in [5.74, 6) is 2.67. The number of rotatable bonds is 6. The number of nitrogens with two attached hydrogens (primary N) is 1. The first-order valence-electron chi connectivity index (χ1n) is 8.13. The molecule has 2 N–H and O–H groups in total. The molecular formula is C18H21N3O4. The summed E-state index contributed by atoms with van der Waals surface area (Å²) < 4.78 is 16.5. The summed E-state index contributed by atoms with van der Waals surface area (Å²) in [4.78, 5) is 18.4. The van der Waals surface area contributed by atoms with Gasteiger partial charge in [0, 0.05) is 0 Å². The average molecular weight is 343 g/mol. The number of carbonyl (C=O) groups is 1. The standard InChI is InChI=1S/C18H21N3O4/c1-3-14-18(22)21(17-15(25-14)8-9-16(19)20-17)10-11-24-13-6-4-12(23-2)5-7-13/h4-9,14H,3,10-11H2,1-2H3,(H2,19,20). The Morgan fingerprint density at radius 2 is 1.92 bits per heavy atom. The molecule has 3 rings (SSSR count). The number of amides is 1. The van der Waals surface area contributed by atoms with Crippen LogP contribution in [0.2, 0.25) is 0 Å². The van der Waals surface area contributed by atoms with Crippen LogP contribution in [0, 0.1) is 0 Å². The van der Waals surface area contributed by atoms with Crippen LogP contribution >= 0.6 is 0 Å². The molecular weight excluding hydrogens is 322 g/mol. The maximum atomic E-state index is 12.6. The van der Waals surface area contributed by atoms with Gasteiger partial charge in [-0.05, 0) is 42.8 Å². The summed E-state index contributed by atoms with van der Waals surface area (Å²) in [5, 5.41) is 0. The first kappa shape index (κ1) is 16.9. The minimum absolute atomic E-state index is 0.133. The van der Waals surface area contributed by atoms with Gasteiger partial charge in [-0.3, -0.25) is 9.69 Å².